The molecular weight excluding hydrogens is 360 g/mol. The average molecular weight is 380 g/mol. The molecule has 0 fully saturated rings. The molecule has 0 unspecified atom stereocenters. The van der Waals surface area contributed by atoms with Gasteiger partial charge in [0.05, 0.1) is 24.5 Å². The van der Waals surface area contributed by atoms with E-state index >= 15 is 0 Å². The highest BCUT2D eigenvalue weighted by Crippen LogP contribution is 2.27. The van der Waals surface area contributed by atoms with Gasteiger partial charge in [-0.3, -0.25) is 19.5 Å². The van der Waals surface area contributed by atoms with Gasteiger partial charge in [0.15, 0.2) is 5.13 Å². The van der Waals surface area contributed by atoms with Crippen LogP contribution in [0.5, 0.6) is 0 Å². The van der Waals surface area contributed by atoms with Crippen LogP contribution in [-0.4, -0.2) is 21.8 Å². The number of aromatic nitrogens is 2. The number of amides is 2. The molecule has 0 saturated carbocycles. The molecule has 1 aromatic carbocycles. The lowest BCUT2D eigenvalue weighted by molar-refractivity contribution is -0.116. The van der Waals surface area contributed by atoms with Crippen molar-refractivity contribution < 1.29 is 9.59 Å². The molecule has 0 saturated heterocycles. The Labute approximate surface area is 161 Å². The van der Waals surface area contributed by atoms with E-state index < -0.39 is 0 Å². The molecule has 0 aliphatic rings. The molecule has 0 aliphatic carbocycles. The Kier molecular flexibility index (Phi) is 5.93. The van der Waals surface area contributed by atoms with Crippen molar-refractivity contribution in [3.8, 4) is 0 Å². The third-order valence-electron chi connectivity index (χ3n) is 3.94. The zero-order chi connectivity index (χ0) is 19.2. The predicted molar refractivity (Wildman–Crippen MR) is 106 cm³/mol. The minimum absolute atomic E-state index is 0.118. The summed E-state index contributed by atoms with van der Waals surface area (Å²) in [5, 5.41) is 3.37. The van der Waals surface area contributed by atoms with E-state index in [9.17, 15) is 9.59 Å². The molecule has 2 heterocycles. The number of carbonyl (C=O) groups is 2. The maximum Gasteiger partial charge on any atom is 0.263 e. The highest BCUT2D eigenvalue weighted by molar-refractivity contribution is 7.17. The van der Waals surface area contributed by atoms with Crippen LogP contribution < -0.4 is 10.2 Å². The van der Waals surface area contributed by atoms with E-state index in [1.54, 1.807) is 18.0 Å². The number of rotatable bonds is 6. The Bertz CT molecular complexity index is 926. The number of anilines is 1. The van der Waals surface area contributed by atoms with Crippen LogP contribution in [0.2, 0.25) is 0 Å². The Morgan fingerprint density at radius 1 is 1.11 bits per heavy atom. The van der Waals surface area contributed by atoms with Gasteiger partial charge in [0.2, 0.25) is 5.91 Å². The quantitative estimate of drug-likeness (QED) is 0.712. The first-order chi connectivity index (χ1) is 13.0. The molecule has 2 aromatic heterocycles. The van der Waals surface area contributed by atoms with Gasteiger partial charge in [0.1, 0.15) is 4.88 Å². The van der Waals surface area contributed by atoms with Crippen molar-refractivity contribution >= 4 is 28.3 Å². The second kappa shape index (κ2) is 8.55. The van der Waals surface area contributed by atoms with Crippen LogP contribution in [0.15, 0.2) is 54.7 Å². The summed E-state index contributed by atoms with van der Waals surface area (Å²) in [7, 11) is 0. The van der Waals surface area contributed by atoms with Crippen molar-refractivity contribution in [3.05, 3.63) is 76.6 Å². The van der Waals surface area contributed by atoms with Crippen LogP contribution in [0.3, 0.4) is 0 Å². The third kappa shape index (κ3) is 4.77. The maximum atomic E-state index is 12.5. The maximum absolute atomic E-state index is 12.5. The fourth-order valence-electron chi connectivity index (χ4n) is 2.54. The summed E-state index contributed by atoms with van der Waals surface area (Å²) in [4.78, 5) is 35.4. The van der Waals surface area contributed by atoms with E-state index in [2.05, 4.69) is 15.3 Å². The number of pyridine rings is 1. The summed E-state index contributed by atoms with van der Waals surface area (Å²) in [6.45, 7) is 4.03. The monoisotopic (exact) mass is 380 g/mol. The van der Waals surface area contributed by atoms with Gasteiger partial charge in [-0.2, -0.15) is 0 Å². The van der Waals surface area contributed by atoms with Gasteiger partial charge in [0, 0.05) is 13.1 Å². The molecule has 0 atom stereocenters. The zero-order valence-corrected chi connectivity index (χ0v) is 16.0. The van der Waals surface area contributed by atoms with Crippen LogP contribution in [-0.2, 0) is 17.9 Å². The fourth-order valence-corrected chi connectivity index (χ4v) is 3.57. The highest BCUT2D eigenvalue weighted by Gasteiger charge is 2.21. The first-order valence-electron chi connectivity index (χ1n) is 8.52. The first-order valence-corrected chi connectivity index (χ1v) is 9.34. The van der Waals surface area contributed by atoms with E-state index in [4.69, 9.17) is 0 Å². The van der Waals surface area contributed by atoms with E-state index in [1.807, 2.05) is 48.5 Å². The molecule has 6 nitrogen and oxygen atoms in total. The lowest BCUT2D eigenvalue weighted by Gasteiger charge is -2.17. The number of benzene rings is 1. The topological polar surface area (TPSA) is 75.2 Å². The summed E-state index contributed by atoms with van der Waals surface area (Å²) >= 11 is 1.22. The number of carbonyl (C=O) groups excluding carboxylic acids is 2. The van der Waals surface area contributed by atoms with Crippen molar-refractivity contribution in [2.24, 2.45) is 0 Å². The summed E-state index contributed by atoms with van der Waals surface area (Å²) in [6.07, 6.45) is 1.69. The summed E-state index contributed by atoms with van der Waals surface area (Å²) in [5.74, 6) is -0.335. The van der Waals surface area contributed by atoms with Gasteiger partial charge < -0.3 is 5.32 Å². The molecule has 0 bridgehead atoms. The van der Waals surface area contributed by atoms with Crippen molar-refractivity contribution in [1.82, 2.24) is 15.3 Å². The fraction of sp³-hybridized carbons (Fsp3) is 0.200. The number of hydrogen-bond acceptors (Lipinski definition) is 5. The van der Waals surface area contributed by atoms with E-state index in [0.717, 1.165) is 11.3 Å². The minimum Gasteiger partial charge on any atom is -0.346 e. The van der Waals surface area contributed by atoms with Crippen LogP contribution in [0, 0.1) is 6.92 Å². The van der Waals surface area contributed by atoms with Crippen molar-refractivity contribution in [3.63, 3.8) is 0 Å². The number of thiazole rings is 1. The number of hydrogen-bond donors (Lipinski definition) is 1. The largest absolute Gasteiger partial charge is 0.346 e. The molecular formula is C20H20N4O2S. The normalized spacial score (nSPS) is 10.4. The molecule has 3 aromatic rings. The van der Waals surface area contributed by atoms with E-state index in [1.165, 1.54) is 18.3 Å². The highest BCUT2D eigenvalue weighted by atomic mass is 32.1. The van der Waals surface area contributed by atoms with Gasteiger partial charge in [-0.15, -0.1) is 0 Å². The van der Waals surface area contributed by atoms with E-state index in [-0.39, 0.29) is 11.8 Å². The zero-order valence-electron chi connectivity index (χ0n) is 15.2. The summed E-state index contributed by atoms with van der Waals surface area (Å²) in [5.41, 5.74) is 2.39. The van der Waals surface area contributed by atoms with Gasteiger partial charge in [-0.1, -0.05) is 47.7 Å². The molecule has 0 spiro atoms. The summed E-state index contributed by atoms with van der Waals surface area (Å²) in [6, 6.07) is 15.2. The lowest BCUT2D eigenvalue weighted by Crippen LogP contribution is -2.27. The average Bonchev–Trinajstić information content (AvgIpc) is 3.07. The molecule has 1 N–H and O–H groups in total. The second-order valence-corrected chi connectivity index (χ2v) is 6.98. The second-order valence-electron chi connectivity index (χ2n) is 6.01. The Morgan fingerprint density at radius 2 is 1.85 bits per heavy atom. The van der Waals surface area contributed by atoms with Crippen LogP contribution >= 0.6 is 11.3 Å². The Balaban J connectivity index is 1.75. The lowest BCUT2D eigenvalue weighted by atomic mass is 10.2. The van der Waals surface area contributed by atoms with Crippen LogP contribution in [0.4, 0.5) is 5.13 Å². The van der Waals surface area contributed by atoms with E-state index in [0.29, 0.717) is 28.8 Å². The number of nitrogens with one attached hydrogen (secondary N) is 1. The molecule has 3 rings (SSSR count). The van der Waals surface area contributed by atoms with Crippen molar-refractivity contribution in [1.29, 1.82) is 0 Å². The Morgan fingerprint density at radius 3 is 2.52 bits per heavy atom. The van der Waals surface area contributed by atoms with Gasteiger partial charge >= 0.3 is 0 Å². The molecule has 0 radical (unpaired) electrons. The third-order valence-corrected chi connectivity index (χ3v) is 5.12. The van der Waals surface area contributed by atoms with Gasteiger partial charge in [-0.25, -0.2) is 4.98 Å². The summed E-state index contributed by atoms with van der Waals surface area (Å²) < 4.78 is 0. The molecule has 27 heavy (non-hydrogen) atoms. The van der Waals surface area contributed by atoms with Gasteiger partial charge in [0.25, 0.3) is 5.91 Å². The predicted octanol–water partition coefficient (Wildman–Crippen LogP) is 3.33. The van der Waals surface area contributed by atoms with Gasteiger partial charge in [-0.05, 0) is 24.6 Å². The molecule has 138 valence electrons. The van der Waals surface area contributed by atoms with Crippen molar-refractivity contribution in [2.75, 3.05) is 4.90 Å². The first kappa shape index (κ1) is 18.7. The van der Waals surface area contributed by atoms with Crippen LogP contribution in [0.1, 0.15) is 33.5 Å². The smallest absolute Gasteiger partial charge is 0.263 e. The van der Waals surface area contributed by atoms with Crippen LogP contribution in [0.25, 0.3) is 0 Å². The Hall–Kier alpha value is -3.06. The SMILES string of the molecule is CC(=O)N(Cc1ccccc1)c1nc(C)c(C(=O)NCc2ccccn2)s1. The minimum atomic E-state index is -0.217. The van der Waals surface area contributed by atoms with Crippen molar-refractivity contribution in [2.45, 2.75) is 26.9 Å². The number of nitrogens with zero attached hydrogens (tertiary/aromatic N) is 3. The standard InChI is InChI=1S/C20H20N4O2S/c1-14-18(19(26)22-12-17-10-6-7-11-21-17)27-20(23-14)24(15(2)25)13-16-8-4-3-5-9-16/h3-11H,12-13H2,1-2H3,(H,22,26). The molecule has 0 aliphatic heterocycles. The number of aryl methyl sites for hydroxylation is 1. The molecule has 7 heteroatoms. The molecule has 2 amide bonds.